The number of benzene rings is 2. The number of hydrogen-bond acceptors (Lipinski definition) is 3. The lowest BCUT2D eigenvalue weighted by Crippen LogP contribution is -1.98. The molecule has 0 atom stereocenters. The van der Waals surface area contributed by atoms with Crippen LogP contribution in [0.25, 0.3) is 0 Å². The van der Waals surface area contributed by atoms with Crippen LogP contribution >= 0.6 is 0 Å². The van der Waals surface area contributed by atoms with Crippen LogP contribution < -0.4 is 4.74 Å². The van der Waals surface area contributed by atoms with E-state index < -0.39 is 0 Å². The summed E-state index contributed by atoms with van der Waals surface area (Å²) in [5.74, 6) is 0.851. The maximum absolute atomic E-state index is 10.1. The molecule has 0 unspecified atom stereocenters. The Balaban J connectivity index is 1.63. The molecule has 3 nitrogen and oxygen atoms in total. The highest BCUT2D eigenvalue weighted by molar-refractivity contribution is 5.37. The Hall–Kier alpha value is -2.29. The molecule has 0 saturated heterocycles. The van der Waals surface area contributed by atoms with E-state index in [4.69, 9.17) is 9.47 Å². The van der Waals surface area contributed by atoms with E-state index in [1.165, 1.54) is 5.56 Å². The second-order valence-corrected chi connectivity index (χ2v) is 4.84. The van der Waals surface area contributed by atoms with Crippen LogP contribution in [-0.2, 0) is 22.6 Å². The minimum absolute atomic E-state index is 0.306. The molecule has 0 aliphatic carbocycles. The van der Waals surface area contributed by atoms with Crippen molar-refractivity contribution in [2.75, 3.05) is 6.61 Å². The van der Waals surface area contributed by atoms with Crippen molar-refractivity contribution in [3.8, 4) is 5.75 Å². The smallest absolute Gasteiger partial charge is 0.293 e. The maximum Gasteiger partial charge on any atom is 0.293 e. The van der Waals surface area contributed by atoms with Gasteiger partial charge >= 0.3 is 0 Å². The summed E-state index contributed by atoms with van der Waals surface area (Å²) in [6, 6.07) is 18.1. The molecule has 3 heteroatoms. The number of carbonyl (C=O) groups excluding carboxylic acids is 1. The standard InChI is InChI=1S/C18H20O3/c19-15-20-14-17-9-11-18(12-10-17)21-13-5-4-8-16-6-2-1-3-7-16/h1-3,6-7,9-12,15H,4-5,8,13-14H2. The van der Waals surface area contributed by atoms with Crippen molar-refractivity contribution in [1.29, 1.82) is 0 Å². The molecule has 0 aromatic heterocycles. The fourth-order valence-corrected chi connectivity index (χ4v) is 2.08. The highest BCUT2D eigenvalue weighted by Crippen LogP contribution is 2.13. The van der Waals surface area contributed by atoms with Crippen LogP contribution in [0.4, 0.5) is 0 Å². The lowest BCUT2D eigenvalue weighted by molar-refractivity contribution is -0.129. The quantitative estimate of drug-likeness (QED) is 0.519. The first-order chi connectivity index (χ1) is 10.4. The Bertz CT molecular complexity index is 520. The zero-order chi connectivity index (χ0) is 14.8. The van der Waals surface area contributed by atoms with Crippen molar-refractivity contribution in [3.63, 3.8) is 0 Å². The third kappa shape index (κ3) is 5.69. The molecule has 0 heterocycles. The van der Waals surface area contributed by atoms with Crippen LogP contribution in [0.1, 0.15) is 24.0 Å². The van der Waals surface area contributed by atoms with Crippen LogP contribution in [0.3, 0.4) is 0 Å². The minimum atomic E-state index is 0.306. The van der Waals surface area contributed by atoms with Gasteiger partial charge in [0, 0.05) is 0 Å². The molecule has 110 valence electrons. The monoisotopic (exact) mass is 284 g/mol. The normalized spacial score (nSPS) is 10.1. The first kappa shape index (κ1) is 15.1. The Labute approximate surface area is 125 Å². The summed E-state index contributed by atoms with van der Waals surface area (Å²) < 4.78 is 10.4. The van der Waals surface area contributed by atoms with Crippen molar-refractivity contribution in [2.24, 2.45) is 0 Å². The Morgan fingerprint density at radius 3 is 2.33 bits per heavy atom. The average Bonchev–Trinajstić information content (AvgIpc) is 2.55. The van der Waals surface area contributed by atoms with E-state index in [0.29, 0.717) is 13.1 Å². The first-order valence-corrected chi connectivity index (χ1v) is 7.19. The van der Waals surface area contributed by atoms with Gasteiger partial charge in [0.1, 0.15) is 12.4 Å². The molecule has 0 saturated carbocycles. The van der Waals surface area contributed by atoms with Crippen molar-refractivity contribution in [1.82, 2.24) is 0 Å². The molecule has 0 spiro atoms. The third-order valence-corrected chi connectivity index (χ3v) is 3.21. The highest BCUT2D eigenvalue weighted by Gasteiger charge is 1.97. The second kappa shape index (κ2) is 8.80. The molecule has 0 aliphatic rings. The Kier molecular flexibility index (Phi) is 6.33. The predicted molar refractivity (Wildman–Crippen MR) is 82.2 cm³/mol. The van der Waals surface area contributed by atoms with Crippen LogP contribution in [-0.4, -0.2) is 13.1 Å². The van der Waals surface area contributed by atoms with Gasteiger partial charge in [-0.2, -0.15) is 0 Å². The zero-order valence-corrected chi connectivity index (χ0v) is 12.0. The lowest BCUT2D eigenvalue weighted by Gasteiger charge is -2.07. The molecule has 0 fully saturated rings. The van der Waals surface area contributed by atoms with Crippen molar-refractivity contribution < 1.29 is 14.3 Å². The van der Waals surface area contributed by atoms with Gasteiger partial charge in [-0.15, -0.1) is 0 Å². The van der Waals surface area contributed by atoms with Crippen LogP contribution in [0, 0.1) is 0 Å². The van der Waals surface area contributed by atoms with E-state index in [1.807, 2.05) is 30.3 Å². The van der Waals surface area contributed by atoms with E-state index in [9.17, 15) is 4.79 Å². The van der Waals surface area contributed by atoms with E-state index in [1.54, 1.807) is 0 Å². The topological polar surface area (TPSA) is 35.5 Å². The second-order valence-electron chi connectivity index (χ2n) is 4.84. The number of carbonyl (C=O) groups is 1. The summed E-state index contributed by atoms with van der Waals surface area (Å²) >= 11 is 0. The molecule has 0 radical (unpaired) electrons. The third-order valence-electron chi connectivity index (χ3n) is 3.21. The van der Waals surface area contributed by atoms with Gasteiger partial charge in [0.15, 0.2) is 0 Å². The van der Waals surface area contributed by atoms with E-state index in [0.717, 1.165) is 37.2 Å². The summed E-state index contributed by atoms with van der Waals surface area (Å²) in [5.41, 5.74) is 2.33. The van der Waals surface area contributed by atoms with Crippen LogP contribution in [0.15, 0.2) is 54.6 Å². The molecule has 0 amide bonds. The molecular formula is C18H20O3. The van der Waals surface area contributed by atoms with E-state index >= 15 is 0 Å². The Morgan fingerprint density at radius 1 is 0.857 bits per heavy atom. The largest absolute Gasteiger partial charge is 0.494 e. The molecular weight excluding hydrogens is 264 g/mol. The molecule has 0 N–H and O–H groups in total. The van der Waals surface area contributed by atoms with Crippen molar-refractivity contribution in [2.45, 2.75) is 25.9 Å². The summed E-state index contributed by atoms with van der Waals surface area (Å²) in [6.07, 6.45) is 3.24. The molecule has 2 aromatic carbocycles. The number of ether oxygens (including phenoxy) is 2. The van der Waals surface area contributed by atoms with Gasteiger partial charge in [0.2, 0.25) is 0 Å². The van der Waals surface area contributed by atoms with Gasteiger partial charge < -0.3 is 9.47 Å². The molecule has 2 rings (SSSR count). The van der Waals surface area contributed by atoms with Crippen molar-refractivity contribution >= 4 is 6.47 Å². The first-order valence-electron chi connectivity index (χ1n) is 7.19. The van der Waals surface area contributed by atoms with Gasteiger partial charge in [-0.1, -0.05) is 42.5 Å². The van der Waals surface area contributed by atoms with Gasteiger partial charge in [0.05, 0.1) is 6.61 Å². The average molecular weight is 284 g/mol. The van der Waals surface area contributed by atoms with Crippen LogP contribution in [0.5, 0.6) is 5.75 Å². The Morgan fingerprint density at radius 2 is 1.62 bits per heavy atom. The summed E-state index contributed by atoms with van der Waals surface area (Å²) in [6.45, 7) is 1.48. The minimum Gasteiger partial charge on any atom is -0.494 e. The van der Waals surface area contributed by atoms with Crippen molar-refractivity contribution in [3.05, 3.63) is 65.7 Å². The molecule has 21 heavy (non-hydrogen) atoms. The number of aryl methyl sites for hydroxylation is 1. The molecule has 2 aromatic rings. The van der Waals surface area contributed by atoms with Gasteiger partial charge in [-0.05, 0) is 42.5 Å². The fourth-order valence-electron chi connectivity index (χ4n) is 2.08. The van der Waals surface area contributed by atoms with Crippen LogP contribution in [0.2, 0.25) is 0 Å². The fraction of sp³-hybridized carbons (Fsp3) is 0.278. The SMILES string of the molecule is O=COCc1ccc(OCCCCc2ccccc2)cc1. The summed E-state index contributed by atoms with van der Waals surface area (Å²) in [7, 11) is 0. The number of hydrogen-bond donors (Lipinski definition) is 0. The van der Waals surface area contributed by atoms with Gasteiger partial charge in [-0.25, -0.2) is 0 Å². The predicted octanol–water partition coefficient (Wildman–Crippen LogP) is 3.76. The van der Waals surface area contributed by atoms with Gasteiger partial charge in [-0.3, -0.25) is 4.79 Å². The summed E-state index contributed by atoms with van der Waals surface area (Å²) in [4.78, 5) is 10.1. The maximum atomic E-state index is 10.1. The lowest BCUT2D eigenvalue weighted by atomic mass is 10.1. The summed E-state index contributed by atoms with van der Waals surface area (Å²) in [5, 5.41) is 0. The molecule has 0 bridgehead atoms. The molecule has 0 aliphatic heterocycles. The number of rotatable bonds is 9. The number of unbranched alkanes of at least 4 members (excludes halogenated alkanes) is 1. The van der Waals surface area contributed by atoms with E-state index in [2.05, 4.69) is 24.3 Å². The van der Waals surface area contributed by atoms with E-state index in [-0.39, 0.29) is 0 Å². The zero-order valence-electron chi connectivity index (χ0n) is 12.0. The van der Waals surface area contributed by atoms with Gasteiger partial charge in [0.25, 0.3) is 6.47 Å². The highest BCUT2D eigenvalue weighted by atomic mass is 16.5.